The van der Waals surface area contributed by atoms with Gasteiger partial charge < -0.3 is 0 Å². The molecule has 0 spiro atoms. The fraction of sp³-hybridized carbons (Fsp3) is 0.471. The van der Waals surface area contributed by atoms with Gasteiger partial charge in [-0.15, -0.1) is 0 Å². The van der Waals surface area contributed by atoms with Gasteiger partial charge in [0.2, 0.25) is 10.0 Å². The van der Waals surface area contributed by atoms with Crippen molar-refractivity contribution >= 4 is 10.0 Å². The smallest absolute Gasteiger partial charge is 0.244 e. The van der Waals surface area contributed by atoms with E-state index in [1.165, 1.54) is 11.1 Å². The standard InChI is InChI=1S/C17H23N3O2S/c1-5-14-16(10-20(4)18-14)23(21,22)19-15-7-6-13-9-11(2)8-12(3)17(13)15/h8-10,15,19H,5-7H2,1-4H3. The monoisotopic (exact) mass is 333 g/mol. The molecule has 5 nitrogen and oxygen atoms in total. The minimum absolute atomic E-state index is 0.152. The van der Waals surface area contributed by atoms with Crippen molar-refractivity contribution in [3.8, 4) is 0 Å². The van der Waals surface area contributed by atoms with Crippen LogP contribution >= 0.6 is 0 Å². The van der Waals surface area contributed by atoms with Gasteiger partial charge in [-0.2, -0.15) is 5.10 Å². The maximum Gasteiger partial charge on any atom is 0.244 e. The Morgan fingerprint density at radius 1 is 1.35 bits per heavy atom. The Hall–Kier alpha value is -1.66. The molecular weight excluding hydrogens is 310 g/mol. The van der Waals surface area contributed by atoms with Crippen molar-refractivity contribution in [2.24, 2.45) is 7.05 Å². The van der Waals surface area contributed by atoms with E-state index in [2.05, 4.69) is 35.8 Å². The van der Waals surface area contributed by atoms with Gasteiger partial charge in [-0.25, -0.2) is 13.1 Å². The Labute approximate surface area is 137 Å². The molecule has 1 unspecified atom stereocenters. The van der Waals surface area contributed by atoms with E-state index in [0.717, 1.165) is 24.0 Å². The third-order valence-corrected chi connectivity index (χ3v) is 5.97. The van der Waals surface area contributed by atoms with Gasteiger partial charge in [-0.3, -0.25) is 4.68 Å². The van der Waals surface area contributed by atoms with Crippen LogP contribution in [0.25, 0.3) is 0 Å². The molecule has 1 atom stereocenters. The maximum absolute atomic E-state index is 12.8. The van der Waals surface area contributed by atoms with Gasteiger partial charge in [0.1, 0.15) is 4.90 Å². The Bertz CT molecular complexity index is 853. The number of sulfonamides is 1. The van der Waals surface area contributed by atoms with Crippen LogP contribution in [0.15, 0.2) is 23.2 Å². The summed E-state index contributed by atoms with van der Waals surface area (Å²) in [6.07, 6.45) is 3.90. The zero-order chi connectivity index (χ0) is 16.8. The first-order valence-electron chi connectivity index (χ1n) is 7.96. The average molecular weight is 333 g/mol. The lowest BCUT2D eigenvalue weighted by molar-refractivity contribution is 0.553. The van der Waals surface area contributed by atoms with Gasteiger partial charge in [-0.1, -0.05) is 24.6 Å². The van der Waals surface area contributed by atoms with Crippen LogP contribution in [0.3, 0.4) is 0 Å². The lowest BCUT2D eigenvalue weighted by Crippen LogP contribution is -2.28. The zero-order valence-electron chi connectivity index (χ0n) is 14.0. The second-order valence-electron chi connectivity index (χ2n) is 6.33. The molecule has 0 amide bonds. The summed E-state index contributed by atoms with van der Waals surface area (Å²) in [5.41, 5.74) is 5.40. The average Bonchev–Trinajstić information content (AvgIpc) is 3.02. The second-order valence-corrected chi connectivity index (χ2v) is 8.02. The van der Waals surface area contributed by atoms with Crippen molar-refractivity contribution in [3.63, 3.8) is 0 Å². The van der Waals surface area contributed by atoms with Crippen LogP contribution < -0.4 is 4.72 Å². The van der Waals surface area contributed by atoms with E-state index >= 15 is 0 Å². The van der Waals surface area contributed by atoms with E-state index in [4.69, 9.17) is 0 Å². The summed E-state index contributed by atoms with van der Waals surface area (Å²) in [7, 11) is -1.82. The van der Waals surface area contributed by atoms with E-state index in [9.17, 15) is 8.42 Å². The lowest BCUT2D eigenvalue weighted by Gasteiger charge is -2.17. The molecule has 2 aromatic rings. The Morgan fingerprint density at radius 3 is 2.78 bits per heavy atom. The molecule has 1 N–H and O–H groups in total. The normalized spacial score (nSPS) is 17.5. The van der Waals surface area contributed by atoms with Crippen LogP contribution in [0.5, 0.6) is 0 Å². The molecule has 0 bridgehead atoms. The van der Waals surface area contributed by atoms with Crippen molar-refractivity contribution < 1.29 is 8.42 Å². The molecule has 0 fully saturated rings. The molecule has 0 saturated carbocycles. The predicted octanol–water partition coefficient (Wildman–Crippen LogP) is 2.57. The molecule has 0 radical (unpaired) electrons. The first kappa shape index (κ1) is 16.2. The van der Waals surface area contributed by atoms with E-state index in [1.54, 1.807) is 17.9 Å². The first-order valence-corrected chi connectivity index (χ1v) is 9.45. The number of nitrogens with zero attached hydrogens (tertiary/aromatic N) is 2. The summed E-state index contributed by atoms with van der Waals surface area (Å²) in [6, 6.07) is 4.13. The van der Waals surface area contributed by atoms with Crippen molar-refractivity contribution in [2.45, 2.75) is 51.0 Å². The quantitative estimate of drug-likeness (QED) is 0.935. The van der Waals surface area contributed by atoms with Gasteiger partial charge >= 0.3 is 0 Å². The van der Waals surface area contributed by atoms with E-state index in [-0.39, 0.29) is 6.04 Å². The van der Waals surface area contributed by atoms with Crippen LogP contribution in [0.2, 0.25) is 0 Å². The Balaban J connectivity index is 1.95. The maximum atomic E-state index is 12.8. The molecule has 6 heteroatoms. The molecule has 0 aliphatic heterocycles. The van der Waals surface area contributed by atoms with Gasteiger partial charge in [-0.05, 0) is 49.8 Å². The SMILES string of the molecule is CCc1nn(C)cc1S(=O)(=O)NC1CCc2cc(C)cc(C)c21. The summed E-state index contributed by atoms with van der Waals surface area (Å²) in [4.78, 5) is 0.292. The second kappa shape index (κ2) is 5.76. The summed E-state index contributed by atoms with van der Waals surface area (Å²) in [5, 5.41) is 4.24. The topological polar surface area (TPSA) is 64.0 Å². The Kier molecular flexibility index (Phi) is 4.06. The molecule has 1 heterocycles. The highest BCUT2D eigenvalue weighted by Crippen LogP contribution is 2.35. The van der Waals surface area contributed by atoms with Crippen LogP contribution in [0.1, 0.15) is 47.3 Å². The number of aryl methyl sites for hydroxylation is 5. The largest absolute Gasteiger partial charge is 0.274 e. The fourth-order valence-electron chi connectivity index (χ4n) is 3.57. The van der Waals surface area contributed by atoms with Crippen molar-refractivity contribution in [3.05, 3.63) is 46.3 Å². The number of rotatable bonds is 4. The summed E-state index contributed by atoms with van der Waals surface area (Å²) in [5.74, 6) is 0. The predicted molar refractivity (Wildman–Crippen MR) is 89.9 cm³/mol. The summed E-state index contributed by atoms with van der Waals surface area (Å²) in [6.45, 7) is 6.05. The van der Waals surface area contributed by atoms with Crippen LogP contribution in [-0.4, -0.2) is 18.2 Å². The molecule has 1 aliphatic rings. The zero-order valence-corrected chi connectivity index (χ0v) is 14.9. The molecule has 3 rings (SSSR count). The van der Waals surface area contributed by atoms with Gasteiger partial charge in [0.15, 0.2) is 0 Å². The minimum atomic E-state index is -3.57. The van der Waals surface area contributed by atoms with Crippen LogP contribution in [-0.2, 0) is 29.9 Å². The highest BCUT2D eigenvalue weighted by molar-refractivity contribution is 7.89. The van der Waals surface area contributed by atoms with Crippen LogP contribution in [0.4, 0.5) is 0 Å². The van der Waals surface area contributed by atoms with Crippen molar-refractivity contribution in [2.75, 3.05) is 0 Å². The van der Waals surface area contributed by atoms with E-state index < -0.39 is 10.0 Å². The van der Waals surface area contributed by atoms with Gasteiger partial charge in [0.05, 0.1) is 5.69 Å². The number of aromatic nitrogens is 2. The van der Waals surface area contributed by atoms with Crippen molar-refractivity contribution in [1.82, 2.24) is 14.5 Å². The molecule has 1 aliphatic carbocycles. The lowest BCUT2D eigenvalue weighted by atomic mass is 10.00. The third kappa shape index (κ3) is 2.93. The van der Waals surface area contributed by atoms with Gasteiger partial charge in [0.25, 0.3) is 0 Å². The fourth-order valence-corrected chi connectivity index (χ4v) is 5.09. The number of nitrogens with one attached hydrogen (secondary N) is 1. The third-order valence-electron chi connectivity index (χ3n) is 4.46. The van der Waals surface area contributed by atoms with Crippen LogP contribution in [0, 0.1) is 13.8 Å². The molecule has 0 saturated heterocycles. The van der Waals surface area contributed by atoms with Gasteiger partial charge in [0, 0.05) is 19.3 Å². The summed E-state index contributed by atoms with van der Waals surface area (Å²) >= 11 is 0. The highest BCUT2D eigenvalue weighted by Gasteiger charge is 2.30. The molecule has 124 valence electrons. The highest BCUT2D eigenvalue weighted by atomic mass is 32.2. The Morgan fingerprint density at radius 2 is 2.09 bits per heavy atom. The number of fused-ring (bicyclic) bond motifs is 1. The molecule has 1 aromatic carbocycles. The minimum Gasteiger partial charge on any atom is -0.274 e. The number of hydrogen-bond donors (Lipinski definition) is 1. The van der Waals surface area contributed by atoms with E-state index in [0.29, 0.717) is 17.0 Å². The number of hydrogen-bond acceptors (Lipinski definition) is 3. The molecule has 23 heavy (non-hydrogen) atoms. The molecular formula is C17H23N3O2S. The van der Waals surface area contributed by atoms with E-state index in [1.807, 2.05) is 6.92 Å². The number of benzene rings is 1. The first-order chi connectivity index (χ1) is 10.8. The summed E-state index contributed by atoms with van der Waals surface area (Å²) < 4.78 is 30.1. The molecule has 1 aromatic heterocycles. The van der Waals surface area contributed by atoms with Crippen molar-refractivity contribution in [1.29, 1.82) is 0 Å².